The number of carbonyl (C=O) groups is 1. The molecule has 0 spiro atoms. The summed E-state index contributed by atoms with van der Waals surface area (Å²) < 4.78 is 37.9. The molecule has 6 nitrogen and oxygen atoms in total. The summed E-state index contributed by atoms with van der Waals surface area (Å²) in [6.45, 7) is 3.98. The van der Waals surface area contributed by atoms with Crippen LogP contribution in [0.5, 0.6) is 0 Å². The van der Waals surface area contributed by atoms with Crippen LogP contribution in [0.15, 0.2) is 46.4 Å². The Morgan fingerprint density at radius 2 is 1.74 bits per heavy atom. The maximum Gasteiger partial charge on any atom is 0.416 e. The van der Waals surface area contributed by atoms with E-state index in [4.69, 9.17) is 0 Å². The van der Waals surface area contributed by atoms with Crippen molar-refractivity contribution < 1.29 is 23.1 Å². The number of aliphatic carboxylic acids is 1. The van der Waals surface area contributed by atoms with E-state index in [2.05, 4.69) is 15.0 Å². The summed E-state index contributed by atoms with van der Waals surface area (Å²) in [4.78, 5) is 26.3. The van der Waals surface area contributed by atoms with E-state index in [1.807, 2.05) is 17.3 Å². The van der Waals surface area contributed by atoms with Gasteiger partial charge in [-0.15, -0.1) is 23.7 Å². The fraction of sp³-hybridized carbons (Fsp3) is 0.364. The van der Waals surface area contributed by atoms with Crippen LogP contribution < -0.4 is 4.90 Å². The minimum atomic E-state index is -4.37. The number of hydrogen-bond acceptors (Lipinski definition) is 7. The van der Waals surface area contributed by atoms with Gasteiger partial charge in [0.25, 0.3) is 0 Å². The van der Waals surface area contributed by atoms with Crippen LogP contribution in [0.25, 0.3) is 11.1 Å². The van der Waals surface area contributed by atoms with Crippen LogP contribution in [0.3, 0.4) is 0 Å². The topological polar surface area (TPSA) is 79.2 Å². The van der Waals surface area contributed by atoms with Crippen molar-refractivity contribution in [2.75, 3.05) is 18.5 Å². The smallest absolute Gasteiger partial charge is 0.416 e. The van der Waals surface area contributed by atoms with E-state index in [1.165, 1.54) is 35.2 Å². The number of anilines is 1. The van der Waals surface area contributed by atoms with Gasteiger partial charge in [-0.05, 0) is 44.4 Å². The molecule has 184 valence electrons. The van der Waals surface area contributed by atoms with Gasteiger partial charge in [0.2, 0.25) is 5.95 Å². The van der Waals surface area contributed by atoms with E-state index in [-0.39, 0.29) is 12.4 Å². The molecule has 0 aliphatic carbocycles. The first kappa shape index (κ1) is 27.9. The third kappa shape index (κ3) is 7.31. The third-order valence-electron chi connectivity index (χ3n) is 4.84. The lowest BCUT2D eigenvalue weighted by Crippen LogP contribution is -2.26. The molecule has 3 rings (SSSR count). The minimum Gasteiger partial charge on any atom is -0.480 e. The Balaban J connectivity index is 0.00000408. The maximum atomic E-state index is 12.7. The molecular formula is C22H24ClF3N4O2S2. The summed E-state index contributed by atoms with van der Waals surface area (Å²) in [5, 5.41) is 11.2. The highest BCUT2D eigenvalue weighted by Crippen LogP contribution is 2.35. The van der Waals surface area contributed by atoms with Crippen molar-refractivity contribution in [3.63, 3.8) is 0 Å². The number of nitrogens with zero attached hydrogens (tertiary/aromatic N) is 4. The van der Waals surface area contributed by atoms with Gasteiger partial charge < -0.3 is 10.0 Å². The molecule has 12 heteroatoms. The predicted octanol–water partition coefficient (Wildman–Crippen LogP) is 6.07. The zero-order chi connectivity index (χ0) is 24.2. The zero-order valence-corrected chi connectivity index (χ0v) is 21.1. The molecule has 0 amide bonds. The highest BCUT2D eigenvalue weighted by Gasteiger charge is 2.30. The summed E-state index contributed by atoms with van der Waals surface area (Å²) in [6.07, 6.45) is 0.357. The third-order valence-corrected chi connectivity index (χ3v) is 7.01. The minimum absolute atomic E-state index is 0. The summed E-state index contributed by atoms with van der Waals surface area (Å²) >= 11 is 2.67. The number of alkyl halides is 3. The van der Waals surface area contributed by atoms with Gasteiger partial charge in [-0.3, -0.25) is 4.79 Å². The molecule has 0 saturated carbocycles. The molecule has 0 radical (unpaired) electrons. The van der Waals surface area contributed by atoms with Crippen molar-refractivity contribution in [3.8, 4) is 11.1 Å². The van der Waals surface area contributed by atoms with Gasteiger partial charge in [0, 0.05) is 36.9 Å². The molecule has 3 aromatic rings. The summed E-state index contributed by atoms with van der Waals surface area (Å²) in [6, 6.07) is 4.90. The fourth-order valence-electron chi connectivity index (χ4n) is 2.83. The molecule has 0 aliphatic heterocycles. The Kier molecular flexibility index (Phi) is 9.32. The van der Waals surface area contributed by atoms with Gasteiger partial charge in [0.15, 0.2) is 4.34 Å². The first-order valence-corrected chi connectivity index (χ1v) is 11.7. The Morgan fingerprint density at radius 3 is 2.29 bits per heavy atom. The molecule has 2 heterocycles. The zero-order valence-electron chi connectivity index (χ0n) is 18.7. The number of aryl methyl sites for hydroxylation is 1. The monoisotopic (exact) mass is 532 g/mol. The second-order valence-corrected chi connectivity index (χ2v) is 10.6. The van der Waals surface area contributed by atoms with Crippen LogP contribution in [0.4, 0.5) is 19.1 Å². The first-order valence-electron chi connectivity index (χ1n) is 10.0. The number of thioether (sulfide) groups is 1. The van der Waals surface area contributed by atoms with Crippen molar-refractivity contribution >= 4 is 47.4 Å². The van der Waals surface area contributed by atoms with E-state index in [9.17, 15) is 23.1 Å². The number of carboxylic acids is 1. The quantitative estimate of drug-likeness (QED) is 0.335. The number of benzene rings is 1. The second-order valence-electron chi connectivity index (χ2n) is 7.89. The Labute approximate surface area is 210 Å². The number of carboxylic acid groups (broad SMARTS) is 1. The number of halogens is 4. The van der Waals surface area contributed by atoms with Crippen LogP contribution in [-0.4, -0.2) is 44.4 Å². The Hall–Kier alpha value is -2.37. The van der Waals surface area contributed by atoms with Crippen LogP contribution >= 0.6 is 35.5 Å². The molecule has 0 unspecified atom stereocenters. The average Bonchev–Trinajstić information content (AvgIpc) is 3.19. The molecule has 0 bridgehead atoms. The van der Waals surface area contributed by atoms with E-state index in [1.54, 1.807) is 26.2 Å². The number of hydrogen-bond donors (Lipinski definition) is 1. The van der Waals surface area contributed by atoms with Crippen molar-refractivity contribution in [1.29, 1.82) is 0 Å². The lowest BCUT2D eigenvalue weighted by atomic mass is 10.1. The van der Waals surface area contributed by atoms with Gasteiger partial charge in [-0.2, -0.15) is 13.2 Å². The van der Waals surface area contributed by atoms with E-state index in [0.29, 0.717) is 23.6 Å². The Morgan fingerprint density at radius 1 is 1.12 bits per heavy atom. The van der Waals surface area contributed by atoms with Crippen LogP contribution in [-0.2, 0) is 17.4 Å². The molecule has 0 saturated heterocycles. The molecule has 0 atom stereocenters. The lowest BCUT2D eigenvalue weighted by Gasteiger charge is -2.17. The maximum absolute atomic E-state index is 12.7. The van der Waals surface area contributed by atoms with Crippen LogP contribution in [0.2, 0.25) is 0 Å². The van der Waals surface area contributed by atoms with Crippen molar-refractivity contribution in [1.82, 2.24) is 15.0 Å². The summed E-state index contributed by atoms with van der Waals surface area (Å²) in [7, 11) is 1.87. The van der Waals surface area contributed by atoms with Gasteiger partial charge >= 0.3 is 12.1 Å². The van der Waals surface area contributed by atoms with Gasteiger partial charge in [-0.25, -0.2) is 15.0 Å². The average molecular weight is 533 g/mol. The standard InChI is InChI=1S/C22H23F3N4O2S2.ClH/c1-21(2,18(30)31)33-20-28-17(13-32-20)5-4-10-29(3)19-26-11-15(12-27-19)14-6-8-16(9-7-14)22(23,24)25;/h6-9,11-13H,4-5,10H2,1-3H3,(H,30,31);1H. The molecule has 2 aromatic heterocycles. The number of rotatable bonds is 9. The molecule has 1 N–H and O–H groups in total. The summed E-state index contributed by atoms with van der Waals surface area (Å²) in [5.41, 5.74) is 1.47. The first-order chi connectivity index (χ1) is 15.5. The van der Waals surface area contributed by atoms with Gasteiger partial charge in [0.05, 0.1) is 11.3 Å². The molecule has 34 heavy (non-hydrogen) atoms. The SMILES string of the molecule is CN(CCCc1csc(SC(C)(C)C(=O)O)n1)c1ncc(-c2ccc(C(F)(F)F)cc2)cn1.Cl. The lowest BCUT2D eigenvalue weighted by molar-refractivity contribution is -0.139. The van der Waals surface area contributed by atoms with Gasteiger partial charge in [-0.1, -0.05) is 23.9 Å². The van der Waals surface area contributed by atoms with Crippen LogP contribution in [0, 0.1) is 0 Å². The fourth-order valence-corrected chi connectivity index (χ4v) is 5.05. The van der Waals surface area contributed by atoms with E-state index < -0.39 is 22.5 Å². The summed E-state index contributed by atoms with van der Waals surface area (Å²) in [5.74, 6) is -0.362. The second kappa shape index (κ2) is 11.4. The van der Waals surface area contributed by atoms with E-state index in [0.717, 1.165) is 35.0 Å². The Bertz CT molecular complexity index is 1090. The van der Waals surface area contributed by atoms with Crippen LogP contribution in [0.1, 0.15) is 31.5 Å². The van der Waals surface area contributed by atoms with Crippen molar-refractivity contribution in [3.05, 3.63) is 53.3 Å². The highest BCUT2D eigenvalue weighted by molar-refractivity contribution is 8.02. The highest BCUT2D eigenvalue weighted by atomic mass is 35.5. The normalized spacial score (nSPS) is 11.7. The van der Waals surface area contributed by atoms with Crippen molar-refractivity contribution in [2.24, 2.45) is 0 Å². The molecular weight excluding hydrogens is 509 g/mol. The predicted molar refractivity (Wildman–Crippen MR) is 131 cm³/mol. The van der Waals surface area contributed by atoms with E-state index >= 15 is 0 Å². The molecule has 0 aliphatic rings. The molecule has 1 aromatic carbocycles. The molecule has 0 fully saturated rings. The largest absolute Gasteiger partial charge is 0.480 e. The number of aromatic nitrogens is 3. The number of thiazole rings is 1. The van der Waals surface area contributed by atoms with Gasteiger partial charge in [0.1, 0.15) is 4.75 Å². The van der Waals surface area contributed by atoms with Crippen molar-refractivity contribution in [2.45, 2.75) is 42.0 Å².